The van der Waals surface area contributed by atoms with Crippen molar-refractivity contribution in [1.82, 2.24) is 4.90 Å². The predicted octanol–water partition coefficient (Wildman–Crippen LogP) is 1.31. The van der Waals surface area contributed by atoms with Gasteiger partial charge >= 0.3 is 5.97 Å². The van der Waals surface area contributed by atoms with Gasteiger partial charge in [-0.1, -0.05) is 11.8 Å². The summed E-state index contributed by atoms with van der Waals surface area (Å²) in [6.45, 7) is 3.17. The van der Waals surface area contributed by atoms with Gasteiger partial charge < -0.3 is 9.84 Å². The van der Waals surface area contributed by atoms with E-state index in [-0.39, 0.29) is 17.0 Å². The van der Waals surface area contributed by atoms with Crippen molar-refractivity contribution in [2.45, 2.75) is 18.7 Å². The number of carboxylic acids is 1. The van der Waals surface area contributed by atoms with Crippen LogP contribution in [0.2, 0.25) is 0 Å². The maximum atomic E-state index is 11.3. The topological polar surface area (TPSA) is 66.8 Å². The highest BCUT2D eigenvalue weighted by Gasteiger charge is 2.48. The molecule has 2 rings (SSSR count). The molecule has 2 aliphatic rings. The molecule has 7 heteroatoms. The van der Waals surface area contributed by atoms with Gasteiger partial charge in [-0.3, -0.25) is 9.69 Å². The number of aliphatic carboxylic acids is 1. The van der Waals surface area contributed by atoms with Crippen molar-refractivity contribution in [2.75, 3.05) is 19.0 Å². The Hall–Kier alpha value is -0.660. The molecule has 5 nitrogen and oxygen atoms in total. The molecule has 17 heavy (non-hydrogen) atoms. The van der Waals surface area contributed by atoms with Gasteiger partial charge in [-0.2, -0.15) is 0 Å². The molecule has 2 heterocycles. The normalized spacial score (nSPS) is 22.8. The quantitative estimate of drug-likeness (QED) is 0.582. The predicted molar refractivity (Wildman–Crippen MR) is 66.5 cm³/mol. The Morgan fingerprint density at radius 3 is 3.06 bits per heavy atom. The first-order valence-electron chi connectivity index (χ1n) is 5.32. The first kappa shape index (κ1) is 12.8. The molecule has 1 amide bonds. The molecule has 94 valence electrons. The van der Waals surface area contributed by atoms with E-state index >= 15 is 0 Å². The fourth-order valence-electron chi connectivity index (χ4n) is 1.66. The van der Waals surface area contributed by atoms with Gasteiger partial charge in [-0.05, 0) is 6.92 Å². The van der Waals surface area contributed by atoms with E-state index in [0.717, 1.165) is 4.24 Å². The summed E-state index contributed by atoms with van der Waals surface area (Å²) in [5.41, 5.74) is 0.151. The molecule has 2 aliphatic heterocycles. The third-order valence-corrected chi connectivity index (χ3v) is 4.98. The lowest BCUT2D eigenvalue weighted by molar-refractivity contribution is -0.145. The van der Waals surface area contributed by atoms with Gasteiger partial charge in [-0.25, -0.2) is 4.79 Å². The van der Waals surface area contributed by atoms with Gasteiger partial charge in [-0.15, -0.1) is 11.8 Å². The number of carboxylic acid groups (broad SMARTS) is 1. The van der Waals surface area contributed by atoms with Crippen molar-refractivity contribution in [3.05, 3.63) is 9.93 Å². The van der Waals surface area contributed by atoms with Crippen LogP contribution in [0.25, 0.3) is 0 Å². The van der Waals surface area contributed by atoms with Crippen molar-refractivity contribution in [2.24, 2.45) is 0 Å². The Kier molecular flexibility index (Phi) is 4.01. The van der Waals surface area contributed by atoms with Crippen molar-refractivity contribution >= 4 is 35.4 Å². The number of carbonyl (C=O) groups excluding carboxylic acids is 1. The average molecular weight is 275 g/mol. The summed E-state index contributed by atoms with van der Waals surface area (Å²) in [6, 6.07) is 0. The second-order valence-corrected chi connectivity index (χ2v) is 6.08. The zero-order valence-electron chi connectivity index (χ0n) is 9.34. The Bertz CT molecular complexity index is 383. The Morgan fingerprint density at radius 2 is 2.47 bits per heavy atom. The van der Waals surface area contributed by atoms with E-state index in [4.69, 9.17) is 9.84 Å². The van der Waals surface area contributed by atoms with Crippen molar-refractivity contribution in [1.29, 1.82) is 0 Å². The first-order valence-corrected chi connectivity index (χ1v) is 7.18. The minimum absolute atomic E-state index is 0.00296. The zero-order chi connectivity index (χ0) is 12.4. The third-order valence-electron chi connectivity index (χ3n) is 2.45. The van der Waals surface area contributed by atoms with Gasteiger partial charge in [0.05, 0.1) is 22.6 Å². The lowest BCUT2D eigenvalue weighted by atomic mass is 10.2. The number of rotatable bonds is 6. The van der Waals surface area contributed by atoms with Gasteiger partial charge in [0.15, 0.2) is 5.70 Å². The van der Waals surface area contributed by atoms with Gasteiger partial charge in [0.2, 0.25) is 5.91 Å². The van der Waals surface area contributed by atoms with E-state index in [2.05, 4.69) is 0 Å². The third kappa shape index (κ3) is 2.46. The minimum atomic E-state index is -1.02. The number of fused-ring (bicyclic) bond motifs is 1. The molecule has 1 N–H and O–H groups in total. The van der Waals surface area contributed by atoms with Crippen LogP contribution >= 0.6 is 23.5 Å². The summed E-state index contributed by atoms with van der Waals surface area (Å²) in [5, 5.41) is 9.12. The molecule has 0 spiro atoms. The van der Waals surface area contributed by atoms with Crippen molar-refractivity contribution in [3.8, 4) is 0 Å². The molecule has 1 atom stereocenters. The zero-order valence-corrected chi connectivity index (χ0v) is 11.0. The molecule has 0 radical (unpaired) electrons. The number of β-lactam (4-membered cyclic amide) rings is 1. The summed E-state index contributed by atoms with van der Waals surface area (Å²) < 4.78 is 5.93. The number of thioether (sulfide) groups is 2. The summed E-state index contributed by atoms with van der Waals surface area (Å²) in [7, 11) is 0. The van der Waals surface area contributed by atoms with Crippen LogP contribution in [0.4, 0.5) is 0 Å². The van der Waals surface area contributed by atoms with Crippen LogP contribution in [0.15, 0.2) is 9.93 Å². The maximum Gasteiger partial charge on any atom is 0.354 e. The number of ether oxygens (including phenoxy) is 1. The van der Waals surface area contributed by atoms with E-state index in [0.29, 0.717) is 25.4 Å². The molecule has 0 aromatic heterocycles. The van der Waals surface area contributed by atoms with Crippen LogP contribution in [0.1, 0.15) is 13.3 Å². The smallest absolute Gasteiger partial charge is 0.354 e. The van der Waals surface area contributed by atoms with E-state index < -0.39 is 5.97 Å². The van der Waals surface area contributed by atoms with E-state index in [9.17, 15) is 9.59 Å². The second kappa shape index (κ2) is 5.32. The lowest BCUT2D eigenvalue weighted by Crippen LogP contribution is -2.48. The monoisotopic (exact) mass is 275 g/mol. The average Bonchev–Trinajstić information content (AvgIpc) is 2.57. The summed E-state index contributed by atoms with van der Waals surface area (Å²) in [6.07, 6.45) is 0.441. The molecule has 0 aromatic rings. The van der Waals surface area contributed by atoms with Crippen LogP contribution in [-0.2, 0) is 14.3 Å². The second-order valence-electron chi connectivity index (χ2n) is 3.53. The maximum absolute atomic E-state index is 11.3. The van der Waals surface area contributed by atoms with Crippen molar-refractivity contribution < 1.29 is 19.4 Å². The Balaban J connectivity index is 1.99. The highest BCUT2D eigenvalue weighted by Crippen LogP contribution is 2.50. The largest absolute Gasteiger partial charge is 0.477 e. The van der Waals surface area contributed by atoms with Crippen LogP contribution in [0.5, 0.6) is 0 Å². The molecular formula is C10H13NO4S2. The van der Waals surface area contributed by atoms with Gasteiger partial charge in [0.1, 0.15) is 0 Å². The SMILES string of the molecule is CCOCCSC1=C(C(=O)O)N2C(=O)C[C@@H]2S1. The molecule has 0 bridgehead atoms. The van der Waals surface area contributed by atoms with Gasteiger partial charge in [0.25, 0.3) is 0 Å². The fraction of sp³-hybridized carbons (Fsp3) is 0.600. The number of carbonyl (C=O) groups is 2. The van der Waals surface area contributed by atoms with E-state index in [1.54, 1.807) is 0 Å². The molecular weight excluding hydrogens is 262 g/mol. The van der Waals surface area contributed by atoms with Crippen LogP contribution in [-0.4, -0.2) is 46.2 Å². The molecule has 0 aromatic carbocycles. The number of amides is 1. The number of hydrogen-bond donors (Lipinski definition) is 1. The van der Waals surface area contributed by atoms with Crippen LogP contribution in [0, 0.1) is 0 Å². The van der Waals surface area contributed by atoms with E-state index in [1.807, 2.05) is 6.92 Å². The molecule has 1 fully saturated rings. The fourth-order valence-corrected chi connectivity index (χ4v) is 4.32. The minimum Gasteiger partial charge on any atom is -0.477 e. The molecule has 0 unspecified atom stereocenters. The lowest BCUT2D eigenvalue weighted by Gasteiger charge is -2.33. The van der Waals surface area contributed by atoms with Crippen molar-refractivity contribution in [3.63, 3.8) is 0 Å². The van der Waals surface area contributed by atoms with E-state index in [1.165, 1.54) is 28.4 Å². The standard InChI is InChI=1S/C10H13NO4S2/c1-2-15-3-4-16-10-8(9(13)14)11-6(12)5-7(11)17-10/h7H,2-5H2,1H3,(H,13,14)/t7-/m0/s1. The number of nitrogens with zero attached hydrogens (tertiary/aromatic N) is 1. The summed E-state index contributed by atoms with van der Waals surface area (Å²) in [5.74, 6) is -0.408. The summed E-state index contributed by atoms with van der Waals surface area (Å²) in [4.78, 5) is 23.8. The van der Waals surface area contributed by atoms with Crippen LogP contribution in [0.3, 0.4) is 0 Å². The highest BCUT2D eigenvalue weighted by atomic mass is 32.2. The molecule has 0 aliphatic carbocycles. The first-order chi connectivity index (χ1) is 8.15. The molecule has 0 saturated carbocycles. The molecule has 1 saturated heterocycles. The Labute approximate surface area is 108 Å². The highest BCUT2D eigenvalue weighted by molar-refractivity contribution is 8.22. The Morgan fingerprint density at radius 1 is 1.71 bits per heavy atom. The van der Waals surface area contributed by atoms with Crippen LogP contribution < -0.4 is 0 Å². The van der Waals surface area contributed by atoms with Gasteiger partial charge in [0, 0.05) is 12.4 Å². The summed E-state index contributed by atoms with van der Waals surface area (Å²) >= 11 is 2.92. The number of hydrogen-bond acceptors (Lipinski definition) is 5.